The zero-order valence-corrected chi connectivity index (χ0v) is 11.1. The second-order valence-corrected chi connectivity index (χ2v) is 4.85. The molecular formula is C14H20N2O3. The minimum absolute atomic E-state index is 0.185. The number of carbonyl (C=O) groups excluding carboxylic acids is 1. The van der Waals surface area contributed by atoms with Crippen LogP contribution in [0.4, 0.5) is 5.69 Å². The molecule has 5 nitrogen and oxygen atoms in total. The number of aromatic nitrogens is 1. The summed E-state index contributed by atoms with van der Waals surface area (Å²) in [5, 5.41) is 2.63. The van der Waals surface area contributed by atoms with E-state index in [0.29, 0.717) is 6.42 Å². The Morgan fingerprint density at radius 3 is 2.89 bits per heavy atom. The van der Waals surface area contributed by atoms with E-state index < -0.39 is 6.10 Å². The summed E-state index contributed by atoms with van der Waals surface area (Å²) in [6, 6.07) is 1.38. The standard InChI is InChI=1S/C14H20N2O3/c1-2-13(19-10-5-3-4-6-10)14(18)16-11-9-15-8-7-12(11)17/h7-10,13H,2-6H2,1H3,(H,15,17)(H,16,18). The van der Waals surface area contributed by atoms with Gasteiger partial charge in [-0.2, -0.15) is 0 Å². The number of ether oxygens (including phenoxy) is 1. The number of carbonyl (C=O) groups is 1. The molecule has 1 saturated carbocycles. The molecule has 2 N–H and O–H groups in total. The average molecular weight is 264 g/mol. The van der Waals surface area contributed by atoms with Gasteiger partial charge in [-0.25, -0.2) is 0 Å². The van der Waals surface area contributed by atoms with E-state index in [0.717, 1.165) is 12.8 Å². The number of nitrogens with one attached hydrogen (secondary N) is 2. The first-order valence-corrected chi connectivity index (χ1v) is 6.84. The van der Waals surface area contributed by atoms with E-state index in [-0.39, 0.29) is 23.1 Å². The lowest BCUT2D eigenvalue weighted by molar-refractivity contribution is -0.131. The fourth-order valence-electron chi connectivity index (χ4n) is 2.33. The largest absolute Gasteiger partial charge is 0.366 e. The summed E-state index contributed by atoms with van der Waals surface area (Å²) in [7, 11) is 0. The van der Waals surface area contributed by atoms with Gasteiger partial charge < -0.3 is 15.0 Å². The number of anilines is 1. The third-order valence-corrected chi connectivity index (χ3v) is 3.40. The van der Waals surface area contributed by atoms with Gasteiger partial charge in [0.05, 0.1) is 6.10 Å². The van der Waals surface area contributed by atoms with E-state index >= 15 is 0 Å². The van der Waals surface area contributed by atoms with Gasteiger partial charge in [0.15, 0.2) is 0 Å². The van der Waals surface area contributed by atoms with Crippen LogP contribution in [-0.2, 0) is 9.53 Å². The molecule has 1 atom stereocenters. The molecule has 0 saturated heterocycles. The molecule has 5 heteroatoms. The predicted octanol–water partition coefficient (Wildman–Crippen LogP) is 2.05. The number of H-pyrrole nitrogens is 1. The van der Waals surface area contributed by atoms with E-state index in [2.05, 4.69) is 10.3 Å². The Bertz CT molecular complexity index is 478. The molecule has 1 aliphatic carbocycles. The summed E-state index contributed by atoms with van der Waals surface area (Å²) in [5.41, 5.74) is 0.0591. The number of amides is 1. The van der Waals surface area contributed by atoms with Gasteiger partial charge in [-0.3, -0.25) is 9.59 Å². The van der Waals surface area contributed by atoms with Gasteiger partial charge in [0.25, 0.3) is 5.91 Å². The Morgan fingerprint density at radius 1 is 1.53 bits per heavy atom. The highest BCUT2D eigenvalue weighted by Gasteiger charge is 2.24. The van der Waals surface area contributed by atoms with Gasteiger partial charge in [-0.15, -0.1) is 0 Å². The summed E-state index contributed by atoms with van der Waals surface area (Å²) in [4.78, 5) is 26.4. The highest BCUT2D eigenvalue weighted by molar-refractivity contribution is 5.93. The molecule has 1 aliphatic rings. The molecule has 1 amide bonds. The van der Waals surface area contributed by atoms with Crippen molar-refractivity contribution >= 4 is 11.6 Å². The maximum atomic E-state index is 12.1. The third kappa shape index (κ3) is 3.67. The van der Waals surface area contributed by atoms with Crippen LogP contribution in [0.5, 0.6) is 0 Å². The molecule has 0 radical (unpaired) electrons. The van der Waals surface area contributed by atoms with E-state index in [4.69, 9.17) is 4.74 Å². The summed E-state index contributed by atoms with van der Waals surface area (Å²) in [6.45, 7) is 1.91. The van der Waals surface area contributed by atoms with E-state index in [1.807, 2.05) is 6.92 Å². The fraction of sp³-hybridized carbons (Fsp3) is 0.571. The summed E-state index contributed by atoms with van der Waals surface area (Å²) in [5.74, 6) is -0.244. The number of rotatable bonds is 5. The van der Waals surface area contributed by atoms with Crippen molar-refractivity contribution in [1.82, 2.24) is 4.98 Å². The van der Waals surface area contributed by atoms with Gasteiger partial charge in [0, 0.05) is 18.5 Å². The zero-order valence-electron chi connectivity index (χ0n) is 11.1. The first kappa shape index (κ1) is 13.8. The summed E-state index contributed by atoms with van der Waals surface area (Å²) < 4.78 is 5.81. The highest BCUT2D eigenvalue weighted by Crippen LogP contribution is 2.23. The van der Waals surface area contributed by atoms with Crippen molar-refractivity contribution in [1.29, 1.82) is 0 Å². The number of aromatic amines is 1. The lowest BCUT2D eigenvalue weighted by Crippen LogP contribution is -2.34. The molecule has 0 aromatic carbocycles. The monoisotopic (exact) mass is 264 g/mol. The maximum absolute atomic E-state index is 12.1. The molecular weight excluding hydrogens is 244 g/mol. The molecule has 104 valence electrons. The smallest absolute Gasteiger partial charge is 0.253 e. The SMILES string of the molecule is CCC(OC1CCCC1)C(=O)Nc1c[nH]ccc1=O. The molecule has 0 spiro atoms. The topological polar surface area (TPSA) is 71.2 Å². The van der Waals surface area contributed by atoms with Crippen molar-refractivity contribution < 1.29 is 9.53 Å². The number of pyridine rings is 1. The summed E-state index contributed by atoms with van der Waals surface area (Å²) >= 11 is 0. The summed E-state index contributed by atoms with van der Waals surface area (Å²) in [6.07, 6.45) is 7.71. The Labute approximate surface area is 112 Å². The van der Waals surface area contributed by atoms with E-state index in [1.165, 1.54) is 31.3 Å². The van der Waals surface area contributed by atoms with Crippen LogP contribution in [0.2, 0.25) is 0 Å². The van der Waals surface area contributed by atoms with Crippen LogP contribution < -0.4 is 10.7 Å². The Hall–Kier alpha value is -1.62. The molecule has 0 aliphatic heterocycles. The van der Waals surface area contributed by atoms with Gasteiger partial charge in [-0.05, 0) is 19.3 Å². The fourth-order valence-corrected chi connectivity index (χ4v) is 2.33. The van der Waals surface area contributed by atoms with Crippen LogP contribution in [-0.4, -0.2) is 23.1 Å². The van der Waals surface area contributed by atoms with Crippen LogP contribution in [0.3, 0.4) is 0 Å². The van der Waals surface area contributed by atoms with Crippen molar-refractivity contribution in [2.45, 2.75) is 51.2 Å². The van der Waals surface area contributed by atoms with Gasteiger partial charge in [0.1, 0.15) is 11.8 Å². The molecule has 19 heavy (non-hydrogen) atoms. The van der Waals surface area contributed by atoms with Crippen molar-refractivity contribution in [3.8, 4) is 0 Å². The van der Waals surface area contributed by atoms with Crippen molar-refractivity contribution in [2.24, 2.45) is 0 Å². The number of hydrogen-bond donors (Lipinski definition) is 2. The zero-order chi connectivity index (χ0) is 13.7. The van der Waals surface area contributed by atoms with Crippen LogP contribution in [0.15, 0.2) is 23.3 Å². The second kappa shape index (κ2) is 6.52. The van der Waals surface area contributed by atoms with Gasteiger partial charge in [-0.1, -0.05) is 19.8 Å². The minimum atomic E-state index is -0.484. The normalized spacial score (nSPS) is 17.3. The van der Waals surface area contributed by atoms with E-state index in [9.17, 15) is 9.59 Å². The van der Waals surface area contributed by atoms with Gasteiger partial charge in [0.2, 0.25) is 5.43 Å². The van der Waals surface area contributed by atoms with Crippen molar-refractivity contribution in [3.05, 3.63) is 28.7 Å². The van der Waals surface area contributed by atoms with Crippen LogP contribution in [0, 0.1) is 0 Å². The molecule has 1 aromatic rings. The number of hydrogen-bond acceptors (Lipinski definition) is 3. The maximum Gasteiger partial charge on any atom is 0.253 e. The second-order valence-electron chi connectivity index (χ2n) is 4.85. The van der Waals surface area contributed by atoms with Crippen LogP contribution >= 0.6 is 0 Å². The Morgan fingerprint density at radius 2 is 2.26 bits per heavy atom. The molecule has 0 bridgehead atoms. The molecule has 1 aromatic heterocycles. The first-order valence-electron chi connectivity index (χ1n) is 6.84. The highest BCUT2D eigenvalue weighted by atomic mass is 16.5. The van der Waals surface area contributed by atoms with Crippen LogP contribution in [0.25, 0.3) is 0 Å². The lowest BCUT2D eigenvalue weighted by Gasteiger charge is -2.20. The predicted molar refractivity (Wildman–Crippen MR) is 73.1 cm³/mol. The molecule has 1 heterocycles. The quantitative estimate of drug-likeness (QED) is 0.855. The van der Waals surface area contributed by atoms with Crippen LogP contribution in [0.1, 0.15) is 39.0 Å². The first-order chi connectivity index (χ1) is 9.20. The Kier molecular flexibility index (Phi) is 4.74. The third-order valence-electron chi connectivity index (χ3n) is 3.40. The minimum Gasteiger partial charge on any atom is -0.366 e. The van der Waals surface area contributed by atoms with Crippen molar-refractivity contribution in [2.75, 3.05) is 5.32 Å². The molecule has 1 fully saturated rings. The van der Waals surface area contributed by atoms with Gasteiger partial charge >= 0.3 is 0 Å². The van der Waals surface area contributed by atoms with Crippen molar-refractivity contribution in [3.63, 3.8) is 0 Å². The molecule has 2 rings (SSSR count). The average Bonchev–Trinajstić information content (AvgIpc) is 2.91. The van der Waals surface area contributed by atoms with E-state index in [1.54, 1.807) is 0 Å². The lowest BCUT2D eigenvalue weighted by atomic mass is 10.2. The molecule has 1 unspecified atom stereocenters. The Balaban J connectivity index is 1.96.